The molecule has 2 heterocycles. The number of hydrogen-bond acceptors (Lipinski definition) is 4. The highest BCUT2D eigenvalue weighted by molar-refractivity contribution is 7.89. The van der Waals surface area contributed by atoms with Gasteiger partial charge < -0.3 is 0 Å². The fourth-order valence-corrected chi connectivity index (χ4v) is 2.39. The molecule has 0 atom stereocenters. The number of halogens is 4. The van der Waals surface area contributed by atoms with Crippen LogP contribution in [0.25, 0.3) is 11.3 Å². The van der Waals surface area contributed by atoms with Crippen molar-refractivity contribution >= 4 is 10.0 Å². The number of sulfonamides is 1. The zero-order chi connectivity index (χ0) is 15.8. The van der Waals surface area contributed by atoms with E-state index in [1.54, 1.807) is 0 Å². The van der Waals surface area contributed by atoms with Crippen molar-refractivity contribution in [2.45, 2.75) is 11.2 Å². The topological polar surface area (TPSA) is 85.9 Å². The molecule has 0 aliphatic rings. The number of aromatic nitrogens is 2. The second-order valence-electron chi connectivity index (χ2n) is 3.93. The van der Waals surface area contributed by atoms with Gasteiger partial charge in [-0.2, -0.15) is 17.6 Å². The Bertz CT molecular complexity index is 776. The Morgan fingerprint density at radius 3 is 2.33 bits per heavy atom. The number of pyridine rings is 2. The van der Waals surface area contributed by atoms with Crippen LogP contribution in [0.5, 0.6) is 0 Å². The summed E-state index contributed by atoms with van der Waals surface area (Å²) in [5, 5.41) is 3.61. The van der Waals surface area contributed by atoms with Crippen molar-refractivity contribution in [3.8, 4) is 11.3 Å². The van der Waals surface area contributed by atoms with E-state index in [9.17, 15) is 26.0 Å². The molecule has 0 bridgehead atoms. The molecule has 0 spiro atoms. The molecule has 2 aromatic heterocycles. The lowest BCUT2D eigenvalue weighted by Crippen LogP contribution is -2.20. The maximum Gasteiger partial charge on any atom is 0.417 e. The third kappa shape index (κ3) is 3.16. The van der Waals surface area contributed by atoms with E-state index in [1.807, 2.05) is 0 Å². The molecular weight excluding hydrogens is 314 g/mol. The first kappa shape index (κ1) is 15.3. The largest absolute Gasteiger partial charge is 0.417 e. The molecule has 0 radical (unpaired) electrons. The Balaban J connectivity index is 2.94. The number of hydrogen-bond donors (Lipinski definition) is 1. The van der Waals surface area contributed by atoms with Crippen LogP contribution in [-0.2, 0) is 16.2 Å². The molecule has 5 nitrogen and oxygen atoms in total. The fraction of sp³-hybridized carbons (Fsp3) is 0.0909. The van der Waals surface area contributed by atoms with Gasteiger partial charge in [0.25, 0.3) is 10.0 Å². The molecule has 2 N–H and O–H groups in total. The van der Waals surface area contributed by atoms with E-state index >= 15 is 0 Å². The fourth-order valence-electron chi connectivity index (χ4n) is 1.68. The molecular formula is C11H7F4N3O2S. The molecule has 21 heavy (non-hydrogen) atoms. The van der Waals surface area contributed by atoms with Gasteiger partial charge >= 0.3 is 6.18 Å². The average molecular weight is 321 g/mol. The second kappa shape index (κ2) is 5.04. The summed E-state index contributed by atoms with van der Waals surface area (Å²) in [6.45, 7) is 0. The van der Waals surface area contributed by atoms with Gasteiger partial charge in [-0.1, -0.05) is 6.07 Å². The standard InChI is InChI=1S/C11H7F4N3O2S/c12-8-5-6(11(13,14)15)9(7-3-1-2-4-17-7)10(18-8)21(16,19)20/h1-5H,(H2,16,19,20). The summed E-state index contributed by atoms with van der Waals surface area (Å²) >= 11 is 0. The smallest absolute Gasteiger partial charge is 0.256 e. The minimum atomic E-state index is -5.00. The van der Waals surface area contributed by atoms with Crippen molar-refractivity contribution < 1.29 is 26.0 Å². The molecule has 0 amide bonds. The minimum absolute atomic E-state index is 0.0959. The van der Waals surface area contributed by atoms with Crippen molar-refractivity contribution in [2.24, 2.45) is 5.14 Å². The van der Waals surface area contributed by atoms with E-state index in [0.29, 0.717) is 0 Å². The number of nitrogens with zero attached hydrogens (tertiary/aromatic N) is 2. The average Bonchev–Trinajstić information content (AvgIpc) is 2.36. The Labute approximate surface area is 116 Å². The summed E-state index contributed by atoms with van der Waals surface area (Å²) in [6, 6.07) is 4.00. The van der Waals surface area contributed by atoms with Crippen LogP contribution in [-0.4, -0.2) is 18.4 Å². The van der Waals surface area contributed by atoms with Gasteiger partial charge in [0.05, 0.1) is 16.8 Å². The maximum atomic E-state index is 13.2. The quantitative estimate of drug-likeness (QED) is 0.676. The summed E-state index contributed by atoms with van der Waals surface area (Å²) < 4.78 is 75.1. The van der Waals surface area contributed by atoms with Crippen molar-refractivity contribution in [3.63, 3.8) is 0 Å². The first-order chi connectivity index (χ1) is 9.60. The minimum Gasteiger partial charge on any atom is -0.256 e. The molecule has 0 saturated heterocycles. The lowest BCUT2D eigenvalue weighted by molar-refractivity contribution is -0.137. The van der Waals surface area contributed by atoms with Gasteiger partial charge in [-0.05, 0) is 12.1 Å². The van der Waals surface area contributed by atoms with E-state index in [-0.39, 0.29) is 11.8 Å². The van der Waals surface area contributed by atoms with Crippen molar-refractivity contribution in [2.75, 3.05) is 0 Å². The van der Waals surface area contributed by atoms with Crippen LogP contribution in [0.2, 0.25) is 0 Å². The number of primary sulfonamides is 1. The zero-order valence-electron chi connectivity index (χ0n) is 10.1. The molecule has 0 aliphatic carbocycles. The van der Waals surface area contributed by atoms with E-state index in [4.69, 9.17) is 5.14 Å². The molecule has 0 aromatic carbocycles. The normalized spacial score (nSPS) is 12.4. The third-order valence-electron chi connectivity index (χ3n) is 2.45. The van der Waals surface area contributed by atoms with Gasteiger partial charge in [-0.3, -0.25) is 4.98 Å². The second-order valence-corrected chi connectivity index (χ2v) is 5.41. The van der Waals surface area contributed by atoms with Gasteiger partial charge in [0.1, 0.15) is 0 Å². The first-order valence-corrected chi connectivity index (χ1v) is 6.87. The Hall–Kier alpha value is -2.07. The lowest BCUT2D eigenvalue weighted by Gasteiger charge is -2.15. The van der Waals surface area contributed by atoms with Gasteiger partial charge in [0, 0.05) is 12.3 Å². The molecule has 10 heteroatoms. The summed E-state index contributed by atoms with van der Waals surface area (Å²) in [4.78, 5) is 6.62. The molecule has 0 fully saturated rings. The van der Waals surface area contributed by atoms with Crippen molar-refractivity contribution in [3.05, 3.63) is 42.0 Å². The molecule has 0 saturated carbocycles. The van der Waals surface area contributed by atoms with Crippen LogP contribution in [0, 0.1) is 5.95 Å². The number of alkyl halides is 3. The maximum absolute atomic E-state index is 13.2. The van der Waals surface area contributed by atoms with E-state index < -0.39 is 38.3 Å². The SMILES string of the molecule is NS(=O)(=O)c1nc(F)cc(C(F)(F)F)c1-c1ccccn1. The predicted octanol–water partition coefficient (Wildman–Crippen LogP) is 1.95. The summed E-state index contributed by atoms with van der Waals surface area (Å²) in [6.07, 6.45) is -3.85. The molecule has 0 unspecified atom stereocenters. The highest BCUT2D eigenvalue weighted by Crippen LogP contribution is 2.39. The van der Waals surface area contributed by atoms with Crippen molar-refractivity contribution in [1.29, 1.82) is 0 Å². The van der Waals surface area contributed by atoms with E-state index in [1.165, 1.54) is 12.1 Å². The zero-order valence-corrected chi connectivity index (χ0v) is 10.9. The highest BCUT2D eigenvalue weighted by atomic mass is 32.2. The van der Waals surface area contributed by atoms with E-state index in [0.717, 1.165) is 12.3 Å². The monoisotopic (exact) mass is 321 g/mol. The molecule has 2 aromatic rings. The van der Waals surface area contributed by atoms with Crippen LogP contribution in [0.1, 0.15) is 5.56 Å². The first-order valence-electron chi connectivity index (χ1n) is 5.32. The van der Waals surface area contributed by atoms with Crippen LogP contribution < -0.4 is 5.14 Å². The van der Waals surface area contributed by atoms with Gasteiger partial charge in [0.15, 0.2) is 5.03 Å². The van der Waals surface area contributed by atoms with Crippen LogP contribution in [0.15, 0.2) is 35.5 Å². The number of nitrogens with two attached hydrogens (primary N) is 1. The Morgan fingerprint density at radius 1 is 1.19 bits per heavy atom. The summed E-state index contributed by atoms with van der Waals surface area (Å²) in [5.41, 5.74) is -2.73. The Kier molecular flexibility index (Phi) is 3.68. The van der Waals surface area contributed by atoms with Crippen LogP contribution in [0.4, 0.5) is 17.6 Å². The van der Waals surface area contributed by atoms with Crippen LogP contribution in [0.3, 0.4) is 0 Å². The number of rotatable bonds is 2. The molecule has 112 valence electrons. The predicted molar refractivity (Wildman–Crippen MR) is 63.8 cm³/mol. The Morgan fingerprint density at radius 2 is 1.86 bits per heavy atom. The third-order valence-corrected chi connectivity index (χ3v) is 3.29. The molecule has 0 aliphatic heterocycles. The summed E-state index contributed by atoms with van der Waals surface area (Å²) in [5.74, 6) is -1.61. The summed E-state index contributed by atoms with van der Waals surface area (Å²) in [7, 11) is -4.68. The van der Waals surface area contributed by atoms with Crippen molar-refractivity contribution in [1.82, 2.24) is 9.97 Å². The van der Waals surface area contributed by atoms with Gasteiger partial charge in [0.2, 0.25) is 5.95 Å². The van der Waals surface area contributed by atoms with Crippen LogP contribution >= 0.6 is 0 Å². The highest BCUT2D eigenvalue weighted by Gasteiger charge is 2.38. The van der Waals surface area contributed by atoms with Gasteiger partial charge in [-0.15, -0.1) is 0 Å². The van der Waals surface area contributed by atoms with Gasteiger partial charge in [-0.25, -0.2) is 18.5 Å². The van der Waals surface area contributed by atoms with E-state index in [2.05, 4.69) is 9.97 Å². The lowest BCUT2D eigenvalue weighted by atomic mass is 10.1. The molecule has 2 rings (SSSR count).